The maximum Gasteiger partial charge on any atom is 0.254 e. The third-order valence-electron chi connectivity index (χ3n) is 2.76. The highest BCUT2D eigenvalue weighted by Gasteiger charge is 2.14. The van der Waals surface area contributed by atoms with Crippen LogP contribution in [0.25, 0.3) is 10.9 Å². The van der Waals surface area contributed by atoms with Gasteiger partial charge in [0, 0.05) is 30.8 Å². The van der Waals surface area contributed by atoms with Crippen molar-refractivity contribution in [1.82, 2.24) is 10.3 Å². The third-order valence-corrected chi connectivity index (χ3v) is 2.76. The molecule has 0 saturated carbocycles. The fraction of sp³-hybridized carbons (Fsp3) is 0.214. The summed E-state index contributed by atoms with van der Waals surface area (Å²) in [7, 11) is 1.48. The van der Waals surface area contributed by atoms with Crippen LogP contribution in [0.4, 0.5) is 0 Å². The number of fused-ring (bicyclic) bond motifs is 1. The smallest absolute Gasteiger partial charge is 0.254 e. The van der Waals surface area contributed by atoms with E-state index in [9.17, 15) is 14.4 Å². The second-order valence-electron chi connectivity index (χ2n) is 4.31. The van der Waals surface area contributed by atoms with Crippen LogP contribution >= 0.6 is 0 Å². The number of pyridine rings is 1. The molecule has 2 rings (SSSR count). The molecule has 0 aliphatic rings. The standard InChI is InChI=1S/C14H14N2O4/c1-8(17)7-20-13-6-11-9(12(18)3-4-16-11)5-10(13)14(19)15-2/h3-6H,7H2,1-2H3,(H,15,19)(H,16,18). The topological polar surface area (TPSA) is 88.3 Å². The Balaban J connectivity index is 2.60. The second-order valence-corrected chi connectivity index (χ2v) is 4.31. The molecule has 0 fully saturated rings. The lowest BCUT2D eigenvalue weighted by atomic mass is 10.1. The minimum absolute atomic E-state index is 0.132. The number of ether oxygens (including phenoxy) is 1. The summed E-state index contributed by atoms with van der Waals surface area (Å²) in [6.07, 6.45) is 1.51. The third kappa shape index (κ3) is 2.69. The summed E-state index contributed by atoms with van der Waals surface area (Å²) >= 11 is 0. The van der Waals surface area contributed by atoms with Crippen LogP contribution < -0.4 is 15.5 Å². The quantitative estimate of drug-likeness (QED) is 0.865. The minimum atomic E-state index is -0.381. The van der Waals surface area contributed by atoms with Crippen LogP contribution in [-0.4, -0.2) is 30.3 Å². The molecule has 1 amide bonds. The summed E-state index contributed by atoms with van der Waals surface area (Å²) in [4.78, 5) is 37.5. The number of carbonyl (C=O) groups excluding carboxylic acids is 2. The Kier molecular flexibility index (Phi) is 3.84. The van der Waals surface area contributed by atoms with Gasteiger partial charge >= 0.3 is 0 Å². The highest BCUT2D eigenvalue weighted by Crippen LogP contribution is 2.23. The number of hydrogen-bond acceptors (Lipinski definition) is 4. The predicted octanol–water partition coefficient (Wildman–Crippen LogP) is 0.856. The Bertz CT molecular complexity index is 734. The van der Waals surface area contributed by atoms with Crippen LogP contribution in [0.2, 0.25) is 0 Å². The van der Waals surface area contributed by atoms with Gasteiger partial charge in [0.25, 0.3) is 5.91 Å². The first-order valence-electron chi connectivity index (χ1n) is 6.02. The molecule has 0 atom stereocenters. The lowest BCUT2D eigenvalue weighted by Crippen LogP contribution is -2.20. The van der Waals surface area contributed by atoms with Crippen molar-refractivity contribution in [3.05, 3.63) is 40.2 Å². The van der Waals surface area contributed by atoms with Gasteiger partial charge in [-0.2, -0.15) is 0 Å². The van der Waals surface area contributed by atoms with Crippen LogP contribution in [0, 0.1) is 0 Å². The highest BCUT2D eigenvalue weighted by atomic mass is 16.5. The van der Waals surface area contributed by atoms with E-state index in [-0.39, 0.29) is 35.0 Å². The van der Waals surface area contributed by atoms with E-state index in [4.69, 9.17) is 4.74 Å². The van der Waals surface area contributed by atoms with Crippen molar-refractivity contribution < 1.29 is 14.3 Å². The first kappa shape index (κ1) is 13.8. The number of H-pyrrole nitrogens is 1. The lowest BCUT2D eigenvalue weighted by Gasteiger charge is -2.11. The van der Waals surface area contributed by atoms with Crippen molar-refractivity contribution >= 4 is 22.6 Å². The number of carbonyl (C=O) groups is 2. The van der Waals surface area contributed by atoms with E-state index >= 15 is 0 Å². The fourth-order valence-corrected chi connectivity index (χ4v) is 1.81. The molecule has 0 aliphatic heterocycles. The van der Waals surface area contributed by atoms with Gasteiger partial charge in [-0.3, -0.25) is 14.4 Å². The number of amides is 1. The number of rotatable bonds is 4. The van der Waals surface area contributed by atoms with E-state index in [2.05, 4.69) is 10.3 Å². The van der Waals surface area contributed by atoms with Gasteiger partial charge < -0.3 is 15.0 Å². The predicted molar refractivity (Wildman–Crippen MR) is 74.1 cm³/mol. The molecule has 2 N–H and O–H groups in total. The van der Waals surface area contributed by atoms with Crippen LogP contribution in [0.5, 0.6) is 5.75 Å². The first-order chi connectivity index (χ1) is 9.52. The van der Waals surface area contributed by atoms with Gasteiger partial charge in [-0.15, -0.1) is 0 Å². The Morgan fingerprint density at radius 2 is 2.10 bits per heavy atom. The zero-order valence-corrected chi connectivity index (χ0v) is 11.1. The average Bonchev–Trinajstić information content (AvgIpc) is 2.43. The monoisotopic (exact) mass is 274 g/mol. The van der Waals surface area contributed by atoms with Crippen molar-refractivity contribution in [3.8, 4) is 5.75 Å². The maximum absolute atomic E-state index is 11.8. The van der Waals surface area contributed by atoms with E-state index in [1.807, 2.05) is 0 Å². The molecular formula is C14H14N2O4. The summed E-state index contributed by atoms with van der Waals surface area (Å²) in [5, 5.41) is 2.87. The number of hydrogen-bond donors (Lipinski definition) is 2. The highest BCUT2D eigenvalue weighted by molar-refractivity contribution is 6.00. The summed E-state index contributed by atoms with van der Waals surface area (Å²) in [5.41, 5.74) is 0.573. The summed E-state index contributed by atoms with van der Waals surface area (Å²) in [6.45, 7) is 1.26. The zero-order chi connectivity index (χ0) is 14.7. The number of nitrogens with one attached hydrogen (secondary N) is 2. The van der Waals surface area contributed by atoms with E-state index in [1.165, 1.54) is 32.3 Å². The van der Waals surface area contributed by atoms with Crippen molar-refractivity contribution in [2.24, 2.45) is 0 Å². The van der Waals surface area contributed by atoms with Gasteiger partial charge in [0.1, 0.15) is 12.4 Å². The van der Waals surface area contributed by atoms with Gasteiger partial charge in [0.15, 0.2) is 11.2 Å². The maximum atomic E-state index is 11.8. The zero-order valence-electron chi connectivity index (χ0n) is 11.1. The Morgan fingerprint density at radius 1 is 1.35 bits per heavy atom. The van der Waals surface area contributed by atoms with E-state index in [1.54, 1.807) is 6.07 Å². The van der Waals surface area contributed by atoms with Crippen molar-refractivity contribution in [2.45, 2.75) is 6.92 Å². The molecule has 0 bridgehead atoms. The van der Waals surface area contributed by atoms with E-state index < -0.39 is 0 Å². The molecule has 1 aromatic heterocycles. The van der Waals surface area contributed by atoms with Gasteiger partial charge in [-0.25, -0.2) is 0 Å². The normalized spacial score (nSPS) is 10.3. The summed E-state index contributed by atoms with van der Waals surface area (Å²) in [6, 6.07) is 4.39. The second kappa shape index (κ2) is 5.56. The van der Waals surface area contributed by atoms with Crippen LogP contribution in [-0.2, 0) is 4.79 Å². The lowest BCUT2D eigenvalue weighted by molar-refractivity contribution is -0.118. The summed E-state index contributed by atoms with van der Waals surface area (Å²) in [5.74, 6) is -0.280. The number of aromatic amines is 1. The Hall–Kier alpha value is -2.63. The minimum Gasteiger partial charge on any atom is -0.485 e. The fourth-order valence-electron chi connectivity index (χ4n) is 1.81. The molecule has 2 aromatic rings. The molecule has 0 aliphatic carbocycles. The number of aromatic nitrogens is 1. The molecular weight excluding hydrogens is 260 g/mol. The Morgan fingerprint density at radius 3 is 2.75 bits per heavy atom. The van der Waals surface area contributed by atoms with Crippen molar-refractivity contribution in [1.29, 1.82) is 0 Å². The summed E-state index contributed by atoms with van der Waals surface area (Å²) < 4.78 is 5.34. The number of Topliss-reactive ketones (excluding diaryl/α,β-unsaturated/α-hetero) is 1. The molecule has 6 heteroatoms. The molecule has 0 unspecified atom stereocenters. The molecule has 1 heterocycles. The van der Waals surface area contributed by atoms with Crippen molar-refractivity contribution in [2.75, 3.05) is 13.7 Å². The molecule has 104 valence electrons. The van der Waals surface area contributed by atoms with Crippen LogP contribution in [0.3, 0.4) is 0 Å². The first-order valence-corrected chi connectivity index (χ1v) is 6.02. The molecule has 1 aromatic carbocycles. The van der Waals surface area contributed by atoms with Gasteiger partial charge in [0.05, 0.1) is 11.1 Å². The molecule has 20 heavy (non-hydrogen) atoms. The molecule has 0 spiro atoms. The van der Waals surface area contributed by atoms with E-state index in [0.717, 1.165) is 0 Å². The van der Waals surface area contributed by atoms with Crippen LogP contribution in [0.1, 0.15) is 17.3 Å². The SMILES string of the molecule is CNC(=O)c1cc2c(=O)cc[nH]c2cc1OCC(C)=O. The van der Waals surface area contributed by atoms with E-state index in [0.29, 0.717) is 10.9 Å². The molecule has 0 radical (unpaired) electrons. The van der Waals surface area contributed by atoms with Crippen LogP contribution in [0.15, 0.2) is 29.2 Å². The van der Waals surface area contributed by atoms with Crippen molar-refractivity contribution in [3.63, 3.8) is 0 Å². The van der Waals surface area contributed by atoms with Gasteiger partial charge in [-0.1, -0.05) is 0 Å². The Labute approximate surface area is 114 Å². The number of benzene rings is 1. The van der Waals surface area contributed by atoms with Gasteiger partial charge in [-0.05, 0) is 13.0 Å². The average molecular weight is 274 g/mol. The molecule has 0 saturated heterocycles. The molecule has 6 nitrogen and oxygen atoms in total. The largest absolute Gasteiger partial charge is 0.485 e. The van der Waals surface area contributed by atoms with Gasteiger partial charge in [0.2, 0.25) is 0 Å². The number of ketones is 1.